The first-order valence-electron chi connectivity index (χ1n) is 13.7. The summed E-state index contributed by atoms with van der Waals surface area (Å²) in [6, 6.07) is 4.18. The molecular weight excluding hydrogens is 600 g/mol. The first kappa shape index (κ1) is 31.2. The summed E-state index contributed by atoms with van der Waals surface area (Å²) < 4.78 is 2.17. The zero-order chi connectivity index (χ0) is 26.1. The maximum absolute atomic E-state index is 13.1. The Kier molecular flexibility index (Phi) is 13.8. The lowest BCUT2D eigenvalue weighted by molar-refractivity contribution is 0.0951. The fourth-order valence-electron chi connectivity index (χ4n) is 4.69. The SMILES string of the molecule is CC(C)CCCC(C)CC[C@H]1C(=O)c2cc(Br)sc2-c2sc(Br)cc21.CCC(C)CCCC(C)C. The zero-order valence-corrected chi connectivity index (χ0v) is 27.7. The summed E-state index contributed by atoms with van der Waals surface area (Å²) in [5.41, 5.74) is 2.15. The lowest BCUT2D eigenvalue weighted by Gasteiger charge is -2.23. The van der Waals surface area contributed by atoms with Gasteiger partial charge in [0.2, 0.25) is 0 Å². The van der Waals surface area contributed by atoms with Crippen LogP contribution in [0, 0.1) is 23.7 Å². The van der Waals surface area contributed by atoms with Gasteiger partial charge in [-0.3, -0.25) is 4.79 Å². The van der Waals surface area contributed by atoms with Gasteiger partial charge in [-0.15, -0.1) is 22.7 Å². The topological polar surface area (TPSA) is 17.1 Å². The van der Waals surface area contributed by atoms with E-state index in [2.05, 4.69) is 86.4 Å². The molecule has 5 heteroatoms. The van der Waals surface area contributed by atoms with E-state index in [0.717, 1.165) is 48.6 Å². The Balaban J connectivity index is 0.000000367. The molecule has 0 fully saturated rings. The summed E-state index contributed by atoms with van der Waals surface area (Å²) in [5.74, 6) is 3.65. The van der Waals surface area contributed by atoms with E-state index in [1.807, 2.05) is 6.07 Å². The van der Waals surface area contributed by atoms with Crippen LogP contribution in [0.15, 0.2) is 19.7 Å². The van der Waals surface area contributed by atoms with Gasteiger partial charge in [0.15, 0.2) is 5.78 Å². The van der Waals surface area contributed by atoms with Crippen LogP contribution < -0.4 is 0 Å². The van der Waals surface area contributed by atoms with Crippen molar-refractivity contribution in [3.63, 3.8) is 0 Å². The fourth-order valence-corrected chi connectivity index (χ4v) is 8.14. The predicted molar refractivity (Wildman–Crippen MR) is 165 cm³/mol. The molecule has 35 heavy (non-hydrogen) atoms. The number of hydrogen-bond donors (Lipinski definition) is 0. The number of hydrogen-bond acceptors (Lipinski definition) is 3. The van der Waals surface area contributed by atoms with Crippen LogP contribution >= 0.6 is 54.5 Å². The third kappa shape index (κ3) is 10.0. The van der Waals surface area contributed by atoms with Crippen molar-refractivity contribution < 1.29 is 4.79 Å². The van der Waals surface area contributed by atoms with Crippen LogP contribution in [-0.4, -0.2) is 5.78 Å². The van der Waals surface area contributed by atoms with Gasteiger partial charge in [-0.2, -0.15) is 0 Å². The van der Waals surface area contributed by atoms with Crippen LogP contribution in [0.4, 0.5) is 0 Å². The number of carbonyl (C=O) groups excluding carboxylic acids is 1. The van der Waals surface area contributed by atoms with Gasteiger partial charge in [-0.1, -0.05) is 93.4 Å². The van der Waals surface area contributed by atoms with Crippen molar-refractivity contribution in [2.75, 3.05) is 0 Å². The molecule has 198 valence electrons. The van der Waals surface area contributed by atoms with Gasteiger partial charge in [0.05, 0.1) is 17.3 Å². The summed E-state index contributed by atoms with van der Waals surface area (Å²) in [4.78, 5) is 15.5. The molecule has 0 radical (unpaired) electrons. The molecule has 0 spiro atoms. The molecule has 0 saturated heterocycles. The maximum atomic E-state index is 13.1. The third-order valence-electron chi connectivity index (χ3n) is 7.20. The molecule has 1 aliphatic carbocycles. The van der Waals surface area contributed by atoms with Crippen molar-refractivity contribution in [1.29, 1.82) is 0 Å². The van der Waals surface area contributed by atoms with E-state index in [1.54, 1.807) is 22.7 Å². The second-order valence-corrected chi connectivity index (χ2v) is 16.3. The molecule has 2 unspecified atom stereocenters. The lowest BCUT2D eigenvalue weighted by Crippen LogP contribution is -2.18. The molecule has 3 atom stereocenters. The summed E-state index contributed by atoms with van der Waals surface area (Å²) in [7, 11) is 0. The van der Waals surface area contributed by atoms with Gasteiger partial charge < -0.3 is 0 Å². The molecule has 2 heterocycles. The van der Waals surface area contributed by atoms with E-state index in [-0.39, 0.29) is 5.92 Å². The van der Waals surface area contributed by atoms with E-state index >= 15 is 0 Å². The molecule has 2 aromatic heterocycles. The molecule has 0 saturated carbocycles. The highest BCUT2D eigenvalue weighted by molar-refractivity contribution is 9.11. The number of rotatable bonds is 12. The van der Waals surface area contributed by atoms with Gasteiger partial charge in [0, 0.05) is 11.5 Å². The van der Waals surface area contributed by atoms with E-state index < -0.39 is 0 Å². The van der Waals surface area contributed by atoms with Crippen LogP contribution in [0.3, 0.4) is 0 Å². The van der Waals surface area contributed by atoms with Gasteiger partial charge in [-0.05, 0) is 86.1 Å². The highest BCUT2D eigenvalue weighted by Crippen LogP contribution is 2.51. The standard InChI is InChI=1S/C20H24Br2OS2.C10H22/c1-11(2)5-4-6-12(3)7-8-13-14-9-16(21)24-19(14)20-15(18(13)23)10-17(22)25-20;1-5-10(4)8-6-7-9(2)3/h9-13H,4-8H2,1-3H3;9-10H,5-8H2,1-4H3/t12?,13-;/m1./s1. The fraction of sp³-hybridized carbons (Fsp3) is 0.700. The Labute approximate surface area is 240 Å². The molecule has 0 N–H and O–H groups in total. The first-order chi connectivity index (χ1) is 16.5. The van der Waals surface area contributed by atoms with Crippen LogP contribution in [0.25, 0.3) is 9.75 Å². The normalized spacial score (nSPS) is 16.7. The van der Waals surface area contributed by atoms with Crippen molar-refractivity contribution in [3.8, 4) is 9.75 Å². The van der Waals surface area contributed by atoms with Crippen molar-refractivity contribution in [1.82, 2.24) is 0 Å². The molecule has 3 rings (SSSR count). The molecular formula is C30H46Br2OS2. The number of thiophene rings is 2. The minimum atomic E-state index is 0.0269. The Hall–Kier alpha value is 0.0300. The zero-order valence-electron chi connectivity index (χ0n) is 22.9. The van der Waals surface area contributed by atoms with Crippen LogP contribution in [0.5, 0.6) is 0 Å². The average molecular weight is 647 g/mol. The average Bonchev–Trinajstić information content (AvgIpc) is 3.36. The largest absolute Gasteiger partial charge is 0.293 e. The van der Waals surface area contributed by atoms with Crippen LogP contribution in [0.1, 0.15) is 128 Å². The van der Waals surface area contributed by atoms with E-state index in [0.29, 0.717) is 11.7 Å². The monoisotopic (exact) mass is 644 g/mol. The van der Waals surface area contributed by atoms with E-state index in [9.17, 15) is 4.79 Å². The van der Waals surface area contributed by atoms with Crippen LogP contribution in [-0.2, 0) is 0 Å². The molecule has 1 nitrogen and oxygen atoms in total. The summed E-state index contributed by atoms with van der Waals surface area (Å²) in [6.07, 6.45) is 11.6. The Bertz CT molecular complexity index is 912. The summed E-state index contributed by atoms with van der Waals surface area (Å²) >= 11 is 10.6. The maximum Gasteiger partial charge on any atom is 0.171 e. The molecule has 2 aromatic rings. The Morgan fingerprint density at radius 2 is 1.31 bits per heavy atom. The van der Waals surface area contributed by atoms with Crippen LogP contribution in [0.2, 0.25) is 0 Å². The third-order valence-corrected chi connectivity index (χ3v) is 10.7. The molecule has 0 aliphatic heterocycles. The molecule has 0 aromatic carbocycles. The van der Waals surface area contributed by atoms with Gasteiger partial charge >= 0.3 is 0 Å². The van der Waals surface area contributed by atoms with Gasteiger partial charge in [0.25, 0.3) is 0 Å². The van der Waals surface area contributed by atoms with Crippen molar-refractivity contribution in [2.24, 2.45) is 23.7 Å². The highest BCUT2D eigenvalue weighted by atomic mass is 79.9. The minimum Gasteiger partial charge on any atom is -0.293 e. The second-order valence-electron chi connectivity index (χ2n) is 11.4. The minimum absolute atomic E-state index is 0.0269. The molecule has 1 aliphatic rings. The second kappa shape index (κ2) is 15.4. The number of fused-ring (bicyclic) bond motifs is 3. The molecule has 0 bridgehead atoms. The number of halogens is 2. The van der Waals surface area contributed by atoms with Crippen molar-refractivity contribution in [2.45, 2.75) is 112 Å². The quantitative estimate of drug-likeness (QED) is 0.224. The van der Waals surface area contributed by atoms with E-state index in [4.69, 9.17) is 0 Å². The smallest absolute Gasteiger partial charge is 0.171 e. The van der Waals surface area contributed by atoms with Crippen molar-refractivity contribution >= 4 is 60.3 Å². The summed E-state index contributed by atoms with van der Waals surface area (Å²) in [6.45, 7) is 16.1. The Morgan fingerprint density at radius 1 is 0.771 bits per heavy atom. The molecule has 0 amide bonds. The Morgan fingerprint density at radius 3 is 1.89 bits per heavy atom. The first-order valence-corrected chi connectivity index (χ1v) is 16.9. The number of Topliss-reactive ketones (excluding diaryl/α,β-unsaturated/α-hetero) is 1. The van der Waals surface area contributed by atoms with E-state index in [1.165, 1.54) is 55.4 Å². The van der Waals surface area contributed by atoms with Gasteiger partial charge in [-0.25, -0.2) is 0 Å². The van der Waals surface area contributed by atoms with Gasteiger partial charge in [0.1, 0.15) is 0 Å². The number of carbonyl (C=O) groups is 1. The summed E-state index contributed by atoms with van der Waals surface area (Å²) in [5, 5.41) is 0. The number of ketones is 1. The highest BCUT2D eigenvalue weighted by Gasteiger charge is 2.35. The lowest BCUT2D eigenvalue weighted by atomic mass is 9.81. The predicted octanol–water partition coefficient (Wildman–Crippen LogP) is 12.4. The van der Waals surface area contributed by atoms with Crippen molar-refractivity contribution in [3.05, 3.63) is 30.8 Å².